The van der Waals surface area contributed by atoms with E-state index in [0.717, 1.165) is 4.90 Å². The van der Waals surface area contributed by atoms with Crippen molar-refractivity contribution in [2.75, 3.05) is 6.54 Å². The van der Waals surface area contributed by atoms with Crippen LogP contribution in [0.5, 0.6) is 0 Å². The zero-order valence-electron chi connectivity index (χ0n) is 11.0. The third-order valence-electron chi connectivity index (χ3n) is 3.36. The molecule has 2 rings (SSSR count). The number of aliphatic hydroxyl groups excluding tert-OH is 1. The van der Waals surface area contributed by atoms with Gasteiger partial charge in [-0.05, 0) is 5.56 Å². The average molecular weight is 294 g/mol. The van der Waals surface area contributed by atoms with E-state index in [1.165, 1.54) is 18.2 Å². The molecular weight excluding hydrogens is 280 g/mol. The Morgan fingerprint density at radius 3 is 2.76 bits per heavy atom. The fourth-order valence-corrected chi connectivity index (χ4v) is 2.38. The maximum atomic E-state index is 12.1. The largest absolute Gasteiger partial charge is 0.480 e. The van der Waals surface area contributed by atoms with Crippen LogP contribution in [0.25, 0.3) is 0 Å². The number of amides is 1. The molecule has 0 unspecified atom stereocenters. The van der Waals surface area contributed by atoms with E-state index in [2.05, 4.69) is 0 Å². The number of benzene rings is 1. The third kappa shape index (κ3) is 3.34. The highest BCUT2D eigenvalue weighted by Gasteiger charge is 2.38. The first-order valence-electron chi connectivity index (χ1n) is 6.32. The van der Waals surface area contributed by atoms with Crippen LogP contribution in [0.15, 0.2) is 24.3 Å². The van der Waals surface area contributed by atoms with Crippen molar-refractivity contribution in [3.8, 4) is 0 Å². The second-order valence-corrected chi connectivity index (χ2v) is 4.89. The van der Waals surface area contributed by atoms with Crippen LogP contribution in [0.2, 0.25) is 0 Å². The smallest absolute Gasteiger partial charge is 0.326 e. The van der Waals surface area contributed by atoms with Crippen molar-refractivity contribution in [2.24, 2.45) is 0 Å². The van der Waals surface area contributed by atoms with E-state index in [9.17, 15) is 24.8 Å². The second kappa shape index (κ2) is 5.88. The lowest BCUT2D eigenvalue weighted by molar-refractivity contribution is -0.384. The van der Waals surface area contributed by atoms with Gasteiger partial charge in [0, 0.05) is 25.1 Å². The third-order valence-corrected chi connectivity index (χ3v) is 3.36. The molecule has 0 aromatic heterocycles. The van der Waals surface area contributed by atoms with E-state index in [-0.39, 0.29) is 25.1 Å². The lowest BCUT2D eigenvalue weighted by Gasteiger charge is -2.21. The summed E-state index contributed by atoms with van der Waals surface area (Å²) < 4.78 is 0. The van der Waals surface area contributed by atoms with E-state index in [1.807, 2.05) is 0 Å². The zero-order chi connectivity index (χ0) is 15.6. The van der Waals surface area contributed by atoms with Gasteiger partial charge in [0.1, 0.15) is 6.04 Å². The zero-order valence-corrected chi connectivity index (χ0v) is 11.0. The van der Waals surface area contributed by atoms with Gasteiger partial charge in [0.15, 0.2) is 0 Å². The topological polar surface area (TPSA) is 121 Å². The molecule has 2 N–H and O–H groups in total. The molecule has 8 heteroatoms. The fourth-order valence-electron chi connectivity index (χ4n) is 2.38. The number of aliphatic carboxylic acids is 1. The molecule has 1 aliphatic heterocycles. The molecule has 1 fully saturated rings. The molecule has 1 aromatic carbocycles. The number of rotatable bonds is 4. The molecule has 0 spiro atoms. The summed E-state index contributed by atoms with van der Waals surface area (Å²) in [5, 5.41) is 29.2. The van der Waals surface area contributed by atoms with Gasteiger partial charge >= 0.3 is 5.97 Å². The molecule has 0 saturated carbocycles. The number of β-amino-alcohol motifs (C(OH)–C–C–N with tert-alkyl or cyclic N) is 1. The summed E-state index contributed by atoms with van der Waals surface area (Å²) in [6, 6.07) is 4.57. The first-order valence-corrected chi connectivity index (χ1v) is 6.32. The van der Waals surface area contributed by atoms with E-state index >= 15 is 0 Å². The van der Waals surface area contributed by atoms with Gasteiger partial charge in [0.2, 0.25) is 5.91 Å². The van der Waals surface area contributed by atoms with Crippen LogP contribution in [0.3, 0.4) is 0 Å². The summed E-state index contributed by atoms with van der Waals surface area (Å²) in [6.45, 7) is -0.0370. The Hall–Kier alpha value is -2.48. The van der Waals surface area contributed by atoms with Crippen molar-refractivity contribution in [2.45, 2.75) is 25.0 Å². The number of carbonyl (C=O) groups excluding carboxylic acids is 1. The highest BCUT2D eigenvalue weighted by atomic mass is 16.6. The molecule has 1 aromatic rings. The summed E-state index contributed by atoms with van der Waals surface area (Å²) in [7, 11) is 0. The number of nitro benzene ring substituents is 1. The van der Waals surface area contributed by atoms with Gasteiger partial charge in [-0.3, -0.25) is 14.9 Å². The molecule has 1 heterocycles. The van der Waals surface area contributed by atoms with Crippen LogP contribution < -0.4 is 0 Å². The molecule has 1 amide bonds. The maximum Gasteiger partial charge on any atom is 0.326 e. The monoisotopic (exact) mass is 294 g/mol. The van der Waals surface area contributed by atoms with Gasteiger partial charge in [-0.25, -0.2) is 4.79 Å². The van der Waals surface area contributed by atoms with Crippen molar-refractivity contribution < 1.29 is 24.7 Å². The minimum Gasteiger partial charge on any atom is -0.480 e. The van der Waals surface area contributed by atoms with Crippen LogP contribution in [-0.2, 0) is 16.0 Å². The molecule has 0 aliphatic carbocycles. The minimum atomic E-state index is -1.17. The predicted octanol–water partition coefficient (Wildman–Crippen LogP) is 0.184. The number of nitro groups is 1. The Labute approximate surface area is 119 Å². The maximum absolute atomic E-state index is 12.1. The van der Waals surface area contributed by atoms with Crippen molar-refractivity contribution >= 4 is 17.6 Å². The van der Waals surface area contributed by atoms with E-state index in [4.69, 9.17) is 5.11 Å². The molecule has 8 nitrogen and oxygen atoms in total. The first-order chi connectivity index (χ1) is 9.88. The standard InChI is InChI=1S/C13H14N2O6/c16-10-6-11(13(18)19)14(7-10)12(17)5-8-2-1-3-9(4-8)15(20)21/h1-4,10-11,16H,5-7H2,(H,18,19)/t10-,11-/m0/s1. The number of carboxylic acids is 1. The van der Waals surface area contributed by atoms with E-state index in [1.54, 1.807) is 6.07 Å². The molecule has 0 radical (unpaired) electrons. The fraction of sp³-hybridized carbons (Fsp3) is 0.385. The number of hydrogen-bond donors (Lipinski definition) is 2. The Balaban J connectivity index is 2.12. The van der Waals surface area contributed by atoms with Gasteiger partial charge < -0.3 is 15.1 Å². The van der Waals surface area contributed by atoms with Gasteiger partial charge in [0.05, 0.1) is 17.4 Å². The number of hydrogen-bond acceptors (Lipinski definition) is 5. The molecular formula is C13H14N2O6. The highest BCUT2D eigenvalue weighted by molar-refractivity contribution is 5.85. The van der Waals surface area contributed by atoms with Crippen LogP contribution in [0, 0.1) is 10.1 Å². The van der Waals surface area contributed by atoms with Crippen LogP contribution in [0.1, 0.15) is 12.0 Å². The summed E-state index contributed by atoms with van der Waals surface area (Å²) in [5.41, 5.74) is 0.302. The Kier molecular flexibility index (Phi) is 4.18. The first kappa shape index (κ1) is 14.9. The summed E-state index contributed by atoms with van der Waals surface area (Å²) in [6.07, 6.45) is -1.01. The van der Waals surface area contributed by atoms with Crippen molar-refractivity contribution in [3.05, 3.63) is 39.9 Å². The molecule has 2 atom stereocenters. The van der Waals surface area contributed by atoms with Crippen LogP contribution in [-0.4, -0.2) is 50.6 Å². The molecule has 1 aliphatic rings. The second-order valence-electron chi connectivity index (χ2n) is 4.89. The number of aliphatic hydroxyl groups is 1. The van der Waals surface area contributed by atoms with E-state index in [0.29, 0.717) is 5.56 Å². The predicted molar refractivity (Wildman–Crippen MR) is 70.6 cm³/mol. The number of non-ortho nitro benzene ring substituents is 1. The lowest BCUT2D eigenvalue weighted by atomic mass is 10.1. The van der Waals surface area contributed by atoms with Crippen molar-refractivity contribution in [1.82, 2.24) is 4.90 Å². The quantitative estimate of drug-likeness (QED) is 0.603. The molecule has 1 saturated heterocycles. The Morgan fingerprint density at radius 2 is 2.14 bits per heavy atom. The molecule has 0 bridgehead atoms. The highest BCUT2D eigenvalue weighted by Crippen LogP contribution is 2.20. The number of likely N-dealkylation sites (tertiary alicyclic amines) is 1. The summed E-state index contributed by atoms with van der Waals surface area (Å²) >= 11 is 0. The minimum absolute atomic E-state index is 0.00396. The molecule has 112 valence electrons. The Morgan fingerprint density at radius 1 is 1.43 bits per heavy atom. The SMILES string of the molecule is O=C(O)[C@@H]1C[C@H](O)CN1C(=O)Cc1cccc([N+](=O)[O-])c1. The van der Waals surface area contributed by atoms with E-state index < -0.39 is 28.9 Å². The van der Waals surface area contributed by atoms with Crippen LogP contribution >= 0.6 is 0 Å². The number of carbonyl (C=O) groups is 2. The van der Waals surface area contributed by atoms with Gasteiger partial charge in [-0.15, -0.1) is 0 Å². The van der Waals surface area contributed by atoms with Gasteiger partial charge in [-0.1, -0.05) is 12.1 Å². The normalized spacial score (nSPS) is 21.3. The van der Waals surface area contributed by atoms with Gasteiger partial charge in [-0.2, -0.15) is 0 Å². The Bertz CT molecular complexity index is 588. The average Bonchev–Trinajstić information content (AvgIpc) is 2.81. The van der Waals surface area contributed by atoms with Crippen molar-refractivity contribution in [1.29, 1.82) is 0 Å². The van der Waals surface area contributed by atoms with Crippen LogP contribution in [0.4, 0.5) is 5.69 Å². The number of nitrogens with zero attached hydrogens (tertiary/aromatic N) is 2. The summed E-state index contributed by atoms with van der Waals surface area (Å²) in [5.74, 6) is -1.64. The van der Waals surface area contributed by atoms with Crippen molar-refractivity contribution in [3.63, 3.8) is 0 Å². The number of carboxylic acid groups (broad SMARTS) is 1. The summed E-state index contributed by atoms with van der Waals surface area (Å²) in [4.78, 5) is 34.4. The lowest BCUT2D eigenvalue weighted by Crippen LogP contribution is -2.41. The van der Waals surface area contributed by atoms with Gasteiger partial charge in [0.25, 0.3) is 5.69 Å². The molecule has 21 heavy (non-hydrogen) atoms.